The van der Waals surface area contributed by atoms with Gasteiger partial charge in [0.05, 0.1) is 0 Å². The Bertz CT molecular complexity index is 319. The quantitative estimate of drug-likeness (QED) is 0.610. The van der Waals surface area contributed by atoms with Crippen molar-refractivity contribution in [1.82, 2.24) is 14.8 Å². The molecule has 0 saturated carbocycles. The summed E-state index contributed by atoms with van der Waals surface area (Å²) in [6.45, 7) is 8.81. The van der Waals surface area contributed by atoms with Gasteiger partial charge in [0.15, 0.2) is 0 Å². The van der Waals surface area contributed by atoms with E-state index in [-0.39, 0.29) is 5.41 Å². The fourth-order valence-electron chi connectivity index (χ4n) is 1.94. The number of fused-ring (bicyclic) bond motifs is 1. The molecule has 1 aliphatic rings. The normalized spacial score (nSPS) is 22.0. The molecule has 1 aromatic heterocycles. The van der Waals surface area contributed by atoms with Crippen molar-refractivity contribution in [2.45, 2.75) is 52.0 Å². The monoisotopic (exact) mass is 179 g/mol. The summed E-state index contributed by atoms with van der Waals surface area (Å²) < 4.78 is 2.31. The molecule has 13 heavy (non-hydrogen) atoms. The van der Waals surface area contributed by atoms with Gasteiger partial charge >= 0.3 is 0 Å². The highest BCUT2D eigenvalue weighted by molar-refractivity contribution is 5.10. The van der Waals surface area contributed by atoms with E-state index in [1.807, 2.05) is 0 Å². The number of aryl methyl sites for hydroxylation is 1. The SMILES string of the molecule is CC1CCc2nnc(C(C)(C)C)n21. The molecule has 2 heterocycles. The second-order valence-electron chi connectivity index (χ2n) is 4.95. The highest BCUT2D eigenvalue weighted by Crippen LogP contribution is 2.30. The first kappa shape index (κ1) is 8.73. The standard InChI is InChI=1S/C10H17N3/c1-7-5-6-8-11-12-9(13(7)8)10(2,3)4/h7H,5-6H2,1-4H3. The zero-order chi connectivity index (χ0) is 9.64. The minimum absolute atomic E-state index is 0.115. The first-order chi connectivity index (χ1) is 6.00. The molecule has 1 aromatic rings. The van der Waals surface area contributed by atoms with Crippen LogP contribution in [0.2, 0.25) is 0 Å². The summed E-state index contributed by atoms with van der Waals surface area (Å²) in [6.07, 6.45) is 2.30. The molecule has 0 saturated heterocycles. The van der Waals surface area contributed by atoms with Crippen molar-refractivity contribution in [2.75, 3.05) is 0 Å². The Balaban J connectivity index is 2.50. The molecule has 3 heteroatoms. The minimum atomic E-state index is 0.115. The number of rotatable bonds is 0. The average Bonchev–Trinajstić information content (AvgIpc) is 2.51. The van der Waals surface area contributed by atoms with Gasteiger partial charge < -0.3 is 4.57 Å². The van der Waals surface area contributed by atoms with Gasteiger partial charge in [-0.2, -0.15) is 0 Å². The van der Waals surface area contributed by atoms with Crippen LogP contribution in [0.1, 0.15) is 51.8 Å². The van der Waals surface area contributed by atoms with Gasteiger partial charge in [-0.15, -0.1) is 10.2 Å². The molecule has 0 fully saturated rings. The van der Waals surface area contributed by atoms with Crippen LogP contribution in [-0.2, 0) is 11.8 Å². The second-order valence-corrected chi connectivity index (χ2v) is 4.95. The molecule has 0 radical (unpaired) electrons. The van der Waals surface area contributed by atoms with Crippen LogP contribution in [0.3, 0.4) is 0 Å². The molecule has 0 amide bonds. The molecule has 1 atom stereocenters. The Morgan fingerprint density at radius 1 is 1.31 bits per heavy atom. The summed E-state index contributed by atoms with van der Waals surface area (Å²) in [5.41, 5.74) is 0.115. The summed E-state index contributed by atoms with van der Waals surface area (Å²) in [4.78, 5) is 0. The molecular formula is C10H17N3. The van der Waals surface area contributed by atoms with E-state index in [4.69, 9.17) is 0 Å². The Morgan fingerprint density at radius 3 is 2.62 bits per heavy atom. The lowest BCUT2D eigenvalue weighted by molar-refractivity contribution is 0.464. The highest BCUT2D eigenvalue weighted by Gasteiger charge is 2.29. The molecule has 3 nitrogen and oxygen atoms in total. The minimum Gasteiger partial charge on any atom is -0.312 e. The summed E-state index contributed by atoms with van der Waals surface area (Å²) >= 11 is 0. The first-order valence-corrected chi connectivity index (χ1v) is 4.94. The van der Waals surface area contributed by atoms with Crippen molar-refractivity contribution in [3.8, 4) is 0 Å². The summed E-state index contributed by atoms with van der Waals surface area (Å²) in [7, 11) is 0. The lowest BCUT2D eigenvalue weighted by Gasteiger charge is -2.20. The van der Waals surface area contributed by atoms with E-state index >= 15 is 0 Å². The second kappa shape index (κ2) is 2.56. The third kappa shape index (κ3) is 1.26. The van der Waals surface area contributed by atoms with Gasteiger partial charge in [-0.25, -0.2) is 0 Å². The van der Waals surface area contributed by atoms with Crippen LogP contribution in [0.25, 0.3) is 0 Å². The molecule has 1 unspecified atom stereocenters. The smallest absolute Gasteiger partial charge is 0.138 e. The van der Waals surface area contributed by atoms with Crippen molar-refractivity contribution in [1.29, 1.82) is 0 Å². The van der Waals surface area contributed by atoms with Gasteiger partial charge in [0, 0.05) is 17.9 Å². The fraction of sp³-hybridized carbons (Fsp3) is 0.800. The molecule has 72 valence electrons. The molecule has 1 aliphatic heterocycles. The van der Waals surface area contributed by atoms with E-state index in [2.05, 4.69) is 42.5 Å². The molecular weight excluding hydrogens is 162 g/mol. The zero-order valence-electron chi connectivity index (χ0n) is 8.83. The van der Waals surface area contributed by atoms with Crippen molar-refractivity contribution >= 4 is 0 Å². The van der Waals surface area contributed by atoms with Crippen LogP contribution >= 0.6 is 0 Å². The maximum absolute atomic E-state index is 4.27. The van der Waals surface area contributed by atoms with Crippen LogP contribution < -0.4 is 0 Å². The van der Waals surface area contributed by atoms with E-state index in [1.54, 1.807) is 0 Å². The van der Waals surface area contributed by atoms with E-state index in [0.29, 0.717) is 6.04 Å². The lowest BCUT2D eigenvalue weighted by Crippen LogP contribution is -2.19. The predicted molar refractivity (Wildman–Crippen MR) is 51.8 cm³/mol. The van der Waals surface area contributed by atoms with Crippen LogP contribution in [0.4, 0.5) is 0 Å². The maximum atomic E-state index is 4.27. The predicted octanol–water partition coefficient (Wildman–Crippen LogP) is 2.08. The summed E-state index contributed by atoms with van der Waals surface area (Å²) in [5.74, 6) is 2.30. The van der Waals surface area contributed by atoms with Gasteiger partial charge in [-0.3, -0.25) is 0 Å². The molecule has 0 bridgehead atoms. The Kier molecular flexibility index (Phi) is 1.72. The van der Waals surface area contributed by atoms with E-state index in [0.717, 1.165) is 18.1 Å². The third-order valence-corrected chi connectivity index (χ3v) is 2.66. The number of aromatic nitrogens is 3. The van der Waals surface area contributed by atoms with Crippen LogP contribution in [0.15, 0.2) is 0 Å². The molecule has 0 aliphatic carbocycles. The number of nitrogens with zero attached hydrogens (tertiary/aromatic N) is 3. The van der Waals surface area contributed by atoms with E-state index in [9.17, 15) is 0 Å². The van der Waals surface area contributed by atoms with Crippen molar-refractivity contribution in [2.24, 2.45) is 0 Å². The molecule has 2 rings (SSSR count). The van der Waals surface area contributed by atoms with Gasteiger partial charge in [0.2, 0.25) is 0 Å². The molecule has 0 spiro atoms. The average molecular weight is 179 g/mol. The topological polar surface area (TPSA) is 30.7 Å². The zero-order valence-corrected chi connectivity index (χ0v) is 8.83. The van der Waals surface area contributed by atoms with Crippen LogP contribution in [0.5, 0.6) is 0 Å². The largest absolute Gasteiger partial charge is 0.312 e. The number of hydrogen-bond donors (Lipinski definition) is 0. The molecule has 0 aromatic carbocycles. The van der Waals surface area contributed by atoms with Gasteiger partial charge in [0.25, 0.3) is 0 Å². The first-order valence-electron chi connectivity index (χ1n) is 4.94. The Labute approximate surface area is 79.2 Å². The van der Waals surface area contributed by atoms with Gasteiger partial charge in [-0.1, -0.05) is 20.8 Å². The van der Waals surface area contributed by atoms with Crippen LogP contribution in [-0.4, -0.2) is 14.8 Å². The van der Waals surface area contributed by atoms with Gasteiger partial charge in [0.1, 0.15) is 11.6 Å². The summed E-state index contributed by atoms with van der Waals surface area (Å²) in [5, 5.41) is 8.50. The van der Waals surface area contributed by atoms with Crippen LogP contribution in [0, 0.1) is 0 Å². The lowest BCUT2D eigenvalue weighted by atomic mass is 9.95. The maximum Gasteiger partial charge on any atom is 0.138 e. The Hall–Kier alpha value is -0.860. The van der Waals surface area contributed by atoms with E-state index in [1.165, 1.54) is 6.42 Å². The highest BCUT2D eigenvalue weighted by atomic mass is 15.3. The van der Waals surface area contributed by atoms with E-state index < -0.39 is 0 Å². The third-order valence-electron chi connectivity index (χ3n) is 2.66. The fourth-order valence-corrected chi connectivity index (χ4v) is 1.94. The molecule has 0 N–H and O–H groups in total. The van der Waals surface area contributed by atoms with Gasteiger partial charge in [-0.05, 0) is 13.3 Å². The number of hydrogen-bond acceptors (Lipinski definition) is 2. The van der Waals surface area contributed by atoms with Crippen molar-refractivity contribution in [3.05, 3.63) is 11.6 Å². The van der Waals surface area contributed by atoms with Crippen molar-refractivity contribution < 1.29 is 0 Å². The Morgan fingerprint density at radius 2 is 2.00 bits per heavy atom. The van der Waals surface area contributed by atoms with Crippen molar-refractivity contribution in [3.63, 3.8) is 0 Å². The summed E-state index contributed by atoms with van der Waals surface area (Å²) in [6, 6.07) is 0.583.